The van der Waals surface area contributed by atoms with Crippen LogP contribution in [0.25, 0.3) is 0 Å². The molecular weight excluding hydrogens is 474 g/mol. The lowest BCUT2D eigenvalue weighted by Crippen LogP contribution is -2.53. The van der Waals surface area contributed by atoms with E-state index in [-0.39, 0.29) is 31.9 Å². The van der Waals surface area contributed by atoms with E-state index in [0.717, 1.165) is 22.5 Å². The molecule has 0 radical (unpaired) electrons. The highest BCUT2D eigenvalue weighted by molar-refractivity contribution is 7.89. The minimum absolute atomic E-state index is 0.0215. The molecule has 1 unspecified atom stereocenters. The van der Waals surface area contributed by atoms with Crippen molar-refractivity contribution < 1.29 is 45.4 Å². The first-order valence-electron chi connectivity index (χ1n) is 9.32. The molecule has 1 aliphatic rings. The van der Waals surface area contributed by atoms with Gasteiger partial charge in [-0.1, -0.05) is 0 Å². The van der Waals surface area contributed by atoms with Crippen LogP contribution in [0, 0.1) is 23.3 Å². The number of hydrogen-bond donors (Lipinski definition) is 3. The Morgan fingerprint density at radius 2 is 1.76 bits per heavy atom. The molecule has 0 aromatic heterocycles. The van der Waals surface area contributed by atoms with Gasteiger partial charge >= 0.3 is 6.09 Å². The molecule has 0 saturated carbocycles. The number of nitrogens with one attached hydrogen (secondary N) is 2. The number of anilines is 1. The summed E-state index contributed by atoms with van der Waals surface area (Å²) in [6.07, 6.45) is -1.39. The van der Waals surface area contributed by atoms with Crippen LogP contribution in [-0.2, 0) is 14.8 Å². The highest BCUT2D eigenvalue weighted by Crippen LogP contribution is 2.25. The number of rotatable bonds is 6. The summed E-state index contributed by atoms with van der Waals surface area (Å²) in [7, 11) is -4.54. The standard InChI is InChI=1S/C19H17F4N3O6S/c20-13-2-1-10(18(27)25-11-6-14(21)17(23)15(22)7-11)5-16(13)33(30,31)26-3-4-32-9-12(26)8-24-19(28)29/h1-2,5-7,12,24H,3-4,8-9H2,(H,25,27)(H,28,29). The van der Waals surface area contributed by atoms with Crippen LogP contribution in [0.4, 0.5) is 28.0 Å². The van der Waals surface area contributed by atoms with Gasteiger partial charge in [-0.15, -0.1) is 0 Å². The van der Waals surface area contributed by atoms with Crippen LogP contribution in [0.1, 0.15) is 10.4 Å². The van der Waals surface area contributed by atoms with E-state index in [4.69, 9.17) is 9.84 Å². The molecule has 1 saturated heterocycles. The van der Waals surface area contributed by atoms with Crippen molar-refractivity contribution in [3.8, 4) is 0 Å². The number of benzene rings is 2. The highest BCUT2D eigenvalue weighted by Gasteiger charge is 2.36. The summed E-state index contributed by atoms with van der Waals surface area (Å²) >= 11 is 0. The third-order valence-electron chi connectivity index (χ3n) is 4.68. The van der Waals surface area contributed by atoms with Crippen molar-refractivity contribution in [3.63, 3.8) is 0 Å². The topological polar surface area (TPSA) is 125 Å². The number of hydrogen-bond acceptors (Lipinski definition) is 5. The largest absolute Gasteiger partial charge is 0.465 e. The number of carboxylic acid groups (broad SMARTS) is 1. The van der Waals surface area contributed by atoms with Gasteiger partial charge < -0.3 is 20.5 Å². The third kappa shape index (κ3) is 5.40. The van der Waals surface area contributed by atoms with E-state index in [9.17, 15) is 35.6 Å². The second-order valence-electron chi connectivity index (χ2n) is 6.88. The highest BCUT2D eigenvalue weighted by atomic mass is 32.2. The van der Waals surface area contributed by atoms with Crippen LogP contribution in [-0.4, -0.2) is 62.2 Å². The number of amides is 2. The lowest BCUT2D eigenvalue weighted by molar-refractivity contribution is 0.0329. The Morgan fingerprint density at radius 1 is 1.09 bits per heavy atom. The van der Waals surface area contributed by atoms with Gasteiger partial charge in [0.2, 0.25) is 10.0 Å². The summed E-state index contributed by atoms with van der Waals surface area (Å²) in [4.78, 5) is 22.3. The van der Waals surface area contributed by atoms with Crippen molar-refractivity contribution in [2.24, 2.45) is 0 Å². The molecule has 1 heterocycles. The smallest absolute Gasteiger partial charge is 0.404 e. The first-order chi connectivity index (χ1) is 15.5. The maximum atomic E-state index is 14.5. The normalized spacial score (nSPS) is 16.9. The molecule has 0 spiro atoms. The summed E-state index contributed by atoms with van der Waals surface area (Å²) in [6, 6.07) is 2.47. The van der Waals surface area contributed by atoms with Crippen LogP contribution in [0.15, 0.2) is 35.2 Å². The lowest BCUT2D eigenvalue weighted by atomic mass is 10.2. The molecule has 2 amide bonds. The summed E-state index contributed by atoms with van der Waals surface area (Å²) < 4.78 is 86.6. The van der Waals surface area contributed by atoms with Crippen molar-refractivity contribution in [1.29, 1.82) is 0 Å². The zero-order valence-corrected chi connectivity index (χ0v) is 17.5. The van der Waals surface area contributed by atoms with Crippen molar-refractivity contribution in [2.45, 2.75) is 10.9 Å². The van der Waals surface area contributed by atoms with Crippen LogP contribution < -0.4 is 10.6 Å². The number of halogens is 4. The van der Waals surface area contributed by atoms with Gasteiger partial charge in [-0.3, -0.25) is 4.79 Å². The van der Waals surface area contributed by atoms with Crippen molar-refractivity contribution in [3.05, 3.63) is 59.2 Å². The molecule has 2 aromatic rings. The van der Waals surface area contributed by atoms with Gasteiger partial charge in [0.25, 0.3) is 5.91 Å². The predicted octanol–water partition coefficient (Wildman–Crippen LogP) is 2.15. The summed E-state index contributed by atoms with van der Waals surface area (Å²) in [6.45, 7) is -0.689. The number of carbonyl (C=O) groups is 2. The van der Waals surface area contributed by atoms with E-state index in [1.54, 1.807) is 0 Å². The van der Waals surface area contributed by atoms with E-state index in [1.807, 2.05) is 5.32 Å². The van der Waals surface area contributed by atoms with Gasteiger partial charge in [-0.05, 0) is 18.2 Å². The lowest BCUT2D eigenvalue weighted by Gasteiger charge is -2.34. The maximum Gasteiger partial charge on any atom is 0.404 e. The predicted molar refractivity (Wildman–Crippen MR) is 105 cm³/mol. The molecule has 1 fully saturated rings. The second kappa shape index (κ2) is 9.72. The average molecular weight is 491 g/mol. The number of carbonyl (C=O) groups excluding carboxylic acids is 1. The van der Waals surface area contributed by atoms with Crippen LogP contribution in [0.2, 0.25) is 0 Å². The van der Waals surface area contributed by atoms with Crippen LogP contribution >= 0.6 is 0 Å². The average Bonchev–Trinajstić information content (AvgIpc) is 2.76. The SMILES string of the molecule is O=C(O)NCC1COCCN1S(=O)(=O)c1cc(C(=O)Nc2cc(F)c(F)c(F)c2)ccc1F. The Morgan fingerprint density at radius 3 is 2.39 bits per heavy atom. The molecule has 33 heavy (non-hydrogen) atoms. The van der Waals surface area contributed by atoms with Gasteiger partial charge in [-0.2, -0.15) is 4.31 Å². The van der Waals surface area contributed by atoms with Gasteiger partial charge in [0, 0.05) is 36.5 Å². The van der Waals surface area contributed by atoms with E-state index >= 15 is 0 Å². The minimum atomic E-state index is -4.54. The molecule has 3 N–H and O–H groups in total. The summed E-state index contributed by atoms with van der Waals surface area (Å²) in [5.74, 6) is -7.06. The van der Waals surface area contributed by atoms with E-state index in [2.05, 4.69) is 5.32 Å². The fraction of sp³-hybridized carbons (Fsp3) is 0.263. The van der Waals surface area contributed by atoms with Gasteiger partial charge in [0.1, 0.15) is 10.7 Å². The number of sulfonamides is 1. The molecule has 9 nitrogen and oxygen atoms in total. The monoisotopic (exact) mass is 491 g/mol. The van der Waals surface area contributed by atoms with Crippen LogP contribution in [0.3, 0.4) is 0 Å². The first-order valence-corrected chi connectivity index (χ1v) is 10.8. The van der Waals surface area contributed by atoms with Crippen LogP contribution in [0.5, 0.6) is 0 Å². The zero-order chi connectivity index (χ0) is 24.3. The minimum Gasteiger partial charge on any atom is -0.465 e. The summed E-state index contributed by atoms with van der Waals surface area (Å²) in [5, 5.41) is 12.9. The fourth-order valence-corrected chi connectivity index (χ4v) is 4.81. The Kier molecular flexibility index (Phi) is 7.19. The fourth-order valence-electron chi connectivity index (χ4n) is 3.12. The Balaban J connectivity index is 1.89. The number of ether oxygens (including phenoxy) is 1. The Labute approximate surface area is 185 Å². The quantitative estimate of drug-likeness (QED) is 0.420. The molecule has 0 aliphatic carbocycles. The maximum absolute atomic E-state index is 14.5. The van der Waals surface area contributed by atoms with Crippen molar-refractivity contribution in [1.82, 2.24) is 9.62 Å². The van der Waals surface area contributed by atoms with Gasteiger partial charge in [0.15, 0.2) is 17.5 Å². The van der Waals surface area contributed by atoms with Crippen molar-refractivity contribution in [2.75, 3.05) is 31.6 Å². The summed E-state index contributed by atoms with van der Waals surface area (Å²) in [5.41, 5.74) is -0.813. The van der Waals surface area contributed by atoms with E-state index in [0.29, 0.717) is 12.1 Å². The molecule has 14 heteroatoms. The van der Waals surface area contributed by atoms with Crippen molar-refractivity contribution >= 4 is 27.7 Å². The molecule has 3 rings (SSSR count). The molecular formula is C19H17F4N3O6S. The first kappa shape index (κ1) is 24.4. The number of morpholine rings is 1. The molecule has 1 atom stereocenters. The Hall–Kier alpha value is -3.23. The molecule has 0 bridgehead atoms. The Bertz CT molecular complexity index is 1170. The zero-order valence-electron chi connectivity index (χ0n) is 16.6. The number of nitrogens with zero attached hydrogens (tertiary/aromatic N) is 1. The van der Waals surface area contributed by atoms with E-state index in [1.165, 1.54) is 0 Å². The van der Waals surface area contributed by atoms with Gasteiger partial charge in [0.05, 0.1) is 19.3 Å². The third-order valence-corrected chi connectivity index (χ3v) is 6.65. The van der Waals surface area contributed by atoms with E-state index < -0.39 is 61.9 Å². The van der Waals surface area contributed by atoms with Gasteiger partial charge in [-0.25, -0.2) is 30.8 Å². The molecule has 1 aliphatic heterocycles. The molecule has 2 aromatic carbocycles. The molecule has 178 valence electrons. The second-order valence-corrected chi connectivity index (χ2v) is 8.74.